The summed E-state index contributed by atoms with van der Waals surface area (Å²) in [6.45, 7) is 4.07. The summed E-state index contributed by atoms with van der Waals surface area (Å²) in [6, 6.07) is 14.4. The first-order valence-corrected chi connectivity index (χ1v) is 10.5. The van der Waals surface area contributed by atoms with Crippen molar-refractivity contribution in [2.24, 2.45) is 0 Å². The Kier molecular flexibility index (Phi) is 7.28. The number of carbonyl (C=O) groups excluding carboxylic acids is 2. The van der Waals surface area contributed by atoms with Gasteiger partial charge in [-0.05, 0) is 62.6 Å². The molecule has 0 radical (unpaired) electrons. The van der Waals surface area contributed by atoms with E-state index in [0.29, 0.717) is 16.8 Å². The Morgan fingerprint density at radius 1 is 1.00 bits per heavy atom. The number of ether oxygens (including phenoxy) is 1. The molecular weight excluding hydrogens is 364 g/mol. The van der Waals surface area contributed by atoms with Crippen LogP contribution in [0, 0.1) is 0 Å². The Hall–Kier alpha value is -2.82. The summed E-state index contributed by atoms with van der Waals surface area (Å²) in [5.74, 6) is 0.353. The predicted molar refractivity (Wildman–Crippen MR) is 116 cm³/mol. The van der Waals surface area contributed by atoms with Crippen molar-refractivity contribution >= 4 is 17.5 Å². The van der Waals surface area contributed by atoms with E-state index in [0.717, 1.165) is 37.9 Å². The van der Waals surface area contributed by atoms with Gasteiger partial charge in [0.25, 0.3) is 11.8 Å². The van der Waals surface area contributed by atoms with E-state index in [1.54, 1.807) is 36.4 Å². The lowest BCUT2D eigenvalue weighted by Crippen LogP contribution is -2.36. The highest BCUT2D eigenvalue weighted by atomic mass is 16.5. The maximum Gasteiger partial charge on any atom is 0.255 e. The molecule has 2 N–H and O–H groups in total. The fraction of sp³-hybridized carbons (Fsp3) is 0.417. The highest BCUT2D eigenvalue weighted by Gasteiger charge is 2.19. The van der Waals surface area contributed by atoms with Crippen LogP contribution >= 0.6 is 0 Å². The minimum atomic E-state index is -0.252. The molecule has 0 bridgehead atoms. The number of rotatable bonds is 7. The van der Waals surface area contributed by atoms with Gasteiger partial charge in [0.1, 0.15) is 5.75 Å². The molecule has 2 amide bonds. The zero-order valence-corrected chi connectivity index (χ0v) is 17.2. The van der Waals surface area contributed by atoms with Gasteiger partial charge >= 0.3 is 0 Å². The van der Waals surface area contributed by atoms with Crippen LogP contribution in [0.5, 0.6) is 5.75 Å². The second kappa shape index (κ2) is 10.1. The minimum Gasteiger partial charge on any atom is -0.491 e. The Morgan fingerprint density at radius 3 is 2.38 bits per heavy atom. The number of benzene rings is 2. The van der Waals surface area contributed by atoms with Gasteiger partial charge in [-0.3, -0.25) is 9.59 Å². The summed E-state index contributed by atoms with van der Waals surface area (Å²) in [5.41, 5.74) is 1.53. The van der Waals surface area contributed by atoms with Gasteiger partial charge in [0.05, 0.1) is 17.4 Å². The summed E-state index contributed by atoms with van der Waals surface area (Å²) >= 11 is 0. The summed E-state index contributed by atoms with van der Waals surface area (Å²) < 4.78 is 5.75. The molecule has 0 aromatic heterocycles. The van der Waals surface area contributed by atoms with Crippen LogP contribution in [0.1, 0.15) is 73.1 Å². The van der Waals surface area contributed by atoms with Crippen LogP contribution in [0.25, 0.3) is 0 Å². The second-order valence-corrected chi connectivity index (χ2v) is 7.67. The normalized spacial score (nSPS) is 15.4. The summed E-state index contributed by atoms with van der Waals surface area (Å²) in [6.07, 6.45) is 6.63. The fourth-order valence-corrected chi connectivity index (χ4v) is 3.50. The molecule has 0 spiro atoms. The Balaban J connectivity index is 1.66. The van der Waals surface area contributed by atoms with E-state index < -0.39 is 0 Å². The second-order valence-electron chi connectivity index (χ2n) is 7.67. The highest BCUT2D eigenvalue weighted by Crippen LogP contribution is 2.21. The lowest BCUT2D eigenvalue weighted by molar-refractivity contribution is 0.0928. The standard InChI is InChI=1S/C24H30N2O3/c1-3-17(2)29-20-15-13-18(14-16-20)23(27)26-22-12-8-7-11-21(22)24(28)25-19-9-5-4-6-10-19/h7-8,11-17,19H,3-6,9-10H2,1-2H3,(H,25,28)(H,26,27). The van der Waals surface area contributed by atoms with Crippen LogP contribution < -0.4 is 15.4 Å². The Bertz CT molecular complexity index is 826. The third-order valence-corrected chi connectivity index (χ3v) is 5.39. The van der Waals surface area contributed by atoms with Gasteiger partial charge < -0.3 is 15.4 Å². The van der Waals surface area contributed by atoms with Crippen LogP contribution in [0.15, 0.2) is 48.5 Å². The monoisotopic (exact) mass is 394 g/mol. The van der Waals surface area contributed by atoms with Crippen molar-refractivity contribution in [2.75, 3.05) is 5.32 Å². The molecule has 0 heterocycles. The number of amides is 2. The van der Waals surface area contributed by atoms with Gasteiger partial charge in [-0.15, -0.1) is 0 Å². The largest absolute Gasteiger partial charge is 0.491 e. The summed E-state index contributed by atoms with van der Waals surface area (Å²) in [4.78, 5) is 25.4. The molecule has 1 fully saturated rings. The first-order valence-electron chi connectivity index (χ1n) is 10.5. The van der Waals surface area contributed by atoms with Gasteiger partial charge in [0.15, 0.2) is 0 Å². The maximum absolute atomic E-state index is 12.7. The molecule has 1 aliphatic carbocycles. The van der Waals surface area contributed by atoms with Crippen molar-refractivity contribution in [1.29, 1.82) is 0 Å². The molecule has 2 aromatic carbocycles. The average molecular weight is 395 g/mol. The fourth-order valence-electron chi connectivity index (χ4n) is 3.50. The molecule has 2 aromatic rings. The number of hydrogen-bond acceptors (Lipinski definition) is 3. The van der Waals surface area contributed by atoms with E-state index >= 15 is 0 Å². The zero-order chi connectivity index (χ0) is 20.6. The predicted octanol–water partition coefficient (Wildman–Crippen LogP) is 5.18. The third kappa shape index (κ3) is 5.83. The summed E-state index contributed by atoms with van der Waals surface area (Å²) in [7, 11) is 0. The first kappa shape index (κ1) is 20.9. The van der Waals surface area contributed by atoms with Crippen molar-refractivity contribution in [1.82, 2.24) is 5.32 Å². The van der Waals surface area contributed by atoms with Crippen molar-refractivity contribution in [2.45, 2.75) is 64.5 Å². The van der Waals surface area contributed by atoms with Crippen LogP contribution in [0.3, 0.4) is 0 Å². The molecule has 1 saturated carbocycles. The average Bonchev–Trinajstić information content (AvgIpc) is 2.75. The van der Waals surface area contributed by atoms with E-state index in [1.165, 1.54) is 6.42 Å². The van der Waals surface area contributed by atoms with Crippen LogP contribution in [-0.4, -0.2) is 24.0 Å². The molecule has 0 saturated heterocycles. The molecule has 1 atom stereocenters. The number of nitrogens with one attached hydrogen (secondary N) is 2. The lowest BCUT2D eigenvalue weighted by atomic mass is 9.95. The molecule has 3 rings (SSSR count). The van der Waals surface area contributed by atoms with Gasteiger partial charge in [-0.2, -0.15) is 0 Å². The van der Waals surface area contributed by atoms with Gasteiger partial charge in [0, 0.05) is 11.6 Å². The zero-order valence-electron chi connectivity index (χ0n) is 17.2. The molecule has 0 aliphatic heterocycles. The number of para-hydroxylation sites is 1. The van der Waals surface area contributed by atoms with Crippen molar-refractivity contribution in [3.05, 3.63) is 59.7 Å². The van der Waals surface area contributed by atoms with E-state index in [9.17, 15) is 9.59 Å². The molecule has 1 unspecified atom stereocenters. The summed E-state index contributed by atoms with van der Waals surface area (Å²) in [5, 5.41) is 5.99. The SMILES string of the molecule is CCC(C)Oc1ccc(C(=O)Nc2ccccc2C(=O)NC2CCCCC2)cc1. The molecule has 5 heteroatoms. The van der Waals surface area contributed by atoms with Crippen molar-refractivity contribution in [3.63, 3.8) is 0 Å². The molecule has 29 heavy (non-hydrogen) atoms. The third-order valence-electron chi connectivity index (χ3n) is 5.39. The number of anilines is 1. The quantitative estimate of drug-likeness (QED) is 0.680. The topological polar surface area (TPSA) is 67.4 Å². The Labute approximate surface area is 172 Å². The van der Waals surface area contributed by atoms with Gasteiger partial charge in [-0.1, -0.05) is 38.3 Å². The smallest absolute Gasteiger partial charge is 0.255 e. The number of hydrogen-bond donors (Lipinski definition) is 2. The van der Waals surface area contributed by atoms with E-state index in [1.807, 2.05) is 19.1 Å². The van der Waals surface area contributed by atoms with E-state index in [4.69, 9.17) is 4.74 Å². The van der Waals surface area contributed by atoms with E-state index in [2.05, 4.69) is 17.6 Å². The Morgan fingerprint density at radius 2 is 1.69 bits per heavy atom. The molecule has 5 nitrogen and oxygen atoms in total. The maximum atomic E-state index is 12.7. The lowest BCUT2D eigenvalue weighted by Gasteiger charge is -2.23. The highest BCUT2D eigenvalue weighted by molar-refractivity contribution is 6.09. The molecule has 1 aliphatic rings. The van der Waals surface area contributed by atoms with Gasteiger partial charge in [-0.25, -0.2) is 0 Å². The van der Waals surface area contributed by atoms with E-state index in [-0.39, 0.29) is 24.0 Å². The number of carbonyl (C=O) groups is 2. The van der Waals surface area contributed by atoms with Crippen LogP contribution in [-0.2, 0) is 0 Å². The molecule has 154 valence electrons. The van der Waals surface area contributed by atoms with Crippen LogP contribution in [0.4, 0.5) is 5.69 Å². The van der Waals surface area contributed by atoms with Crippen LogP contribution in [0.2, 0.25) is 0 Å². The first-order chi connectivity index (χ1) is 14.1. The minimum absolute atomic E-state index is 0.129. The van der Waals surface area contributed by atoms with Gasteiger partial charge in [0.2, 0.25) is 0 Å². The van der Waals surface area contributed by atoms with Crippen molar-refractivity contribution < 1.29 is 14.3 Å². The van der Waals surface area contributed by atoms with Crippen molar-refractivity contribution in [3.8, 4) is 5.75 Å². The molecular formula is C24H30N2O3.